The summed E-state index contributed by atoms with van der Waals surface area (Å²) in [5.41, 5.74) is 3.20. The zero-order valence-corrected chi connectivity index (χ0v) is 16.6. The summed E-state index contributed by atoms with van der Waals surface area (Å²) in [4.78, 5) is 28.1. The maximum absolute atomic E-state index is 12.3. The van der Waals surface area contributed by atoms with Crippen LogP contribution in [0.1, 0.15) is 52.5 Å². The molecule has 0 fully saturated rings. The maximum Gasteiger partial charge on any atom is 0.356 e. The van der Waals surface area contributed by atoms with Crippen molar-refractivity contribution in [2.45, 2.75) is 33.2 Å². The molecule has 0 amide bonds. The van der Waals surface area contributed by atoms with Crippen LogP contribution in [0.15, 0.2) is 54.7 Å². The number of carboxylic acid groups (broad SMARTS) is 1. The second-order valence-electron chi connectivity index (χ2n) is 6.66. The Labute approximate surface area is 169 Å². The molecule has 1 heterocycles. The van der Waals surface area contributed by atoms with Gasteiger partial charge in [0.15, 0.2) is 0 Å². The van der Waals surface area contributed by atoms with Crippen molar-refractivity contribution in [1.29, 1.82) is 0 Å². The van der Waals surface area contributed by atoms with Gasteiger partial charge < -0.3 is 14.4 Å². The molecular weight excluding hydrogens is 368 g/mol. The molecule has 2 aromatic carbocycles. The SMILES string of the molecule is CCCc1ncc(C(=O)OCC)n1Cc1ccc(-c2ccccc2C(=O)O)cc1. The molecule has 0 aliphatic rings. The summed E-state index contributed by atoms with van der Waals surface area (Å²) in [5.74, 6) is -0.489. The summed E-state index contributed by atoms with van der Waals surface area (Å²) in [6.45, 7) is 4.64. The quantitative estimate of drug-likeness (QED) is 0.574. The van der Waals surface area contributed by atoms with Gasteiger partial charge in [0.2, 0.25) is 0 Å². The molecule has 0 saturated carbocycles. The molecule has 0 aliphatic heterocycles. The smallest absolute Gasteiger partial charge is 0.356 e. The average molecular weight is 392 g/mol. The number of hydrogen-bond acceptors (Lipinski definition) is 4. The molecule has 0 unspecified atom stereocenters. The molecule has 150 valence electrons. The fraction of sp³-hybridized carbons (Fsp3) is 0.261. The Morgan fingerprint density at radius 3 is 2.45 bits per heavy atom. The maximum atomic E-state index is 12.3. The number of hydrogen-bond donors (Lipinski definition) is 1. The van der Waals surface area contributed by atoms with E-state index in [9.17, 15) is 14.7 Å². The van der Waals surface area contributed by atoms with E-state index in [0.29, 0.717) is 24.4 Å². The van der Waals surface area contributed by atoms with E-state index in [-0.39, 0.29) is 11.5 Å². The van der Waals surface area contributed by atoms with Crippen LogP contribution in [-0.2, 0) is 17.7 Å². The van der Waals surface area contributed by atoms with Crippen molar-refractivity contribution in [1.82, 2.24) is 9.55 Å². The number of aromatic carboxylic acids is 1. The molecule has 0 bridgehead atoms. The van der Waals surface area contributed by atoms with Gasteiger partial charge in [0.1, 0.15) is 11.5 Å². The number of benzene rings is 2. The summed E-state index contributed by atoms with van der Waals surface area (Å²) in [5, 5.41) is 9.41. The number of carboxylic acids is 1. The lowest BCUT2D eigenvalue weighted by Crippen LogP contribution is -2.15. The normalized spacial score (nSPS) is 10.7. The lowest BCUT2D eigenvalue weighted by Gasteiger charge is -2.12. The van der Waals surface area contributed by atoms with E-state index >= 15 is 0 Å². The van der Waals surface area contributed by atoms with Gasteiger partial charge in [0, 0.05) is 13.0 Å². The van der Waals surface area contributed by atoms with Crippen LogP contribution in [0.5, 0.6) is 0 Å². The number of aromatic nitrogens is 2. The molecule has 6 nitrogen and oxygen atoms in total. The van der Waals surface area contributed by atoms with E-state index in [1.807, 2.05) is 34.9 Å². The monoisotopic (exact) mass is 392 g/mol. The second kappa shape index (κ2) is 9.19. The molecule has 3 aromatic rings. The van der Waals surface area contributed by atoms with Gasteiger partial charge in [-0.1, -0.05) is 49.4 Å². The molecule has 0 saturated heterocycles. The molecule has 29 heavy (non-hydrogen) atoms. The van der Waals surface area contributed by atoms with E-state index in [1.165, 1.54) is 0 Å². The van der Waals surface area contributed by atoms with Crippen LogP contribution >= 0.6 is 0 Å². The van der Waals surface area contributed by atoms with E-state index in [0.717, 1.165) is 29.8 Å². The number of carbonyl (C=O) groups is 2. The Bertz CT molecular complexity index is 1010. The van der Waals surface area contributed by atoms with Crippen molar-refractivity contribution in [2.24, 2.45) is 0 Å². The standard InChI is InChI=1S/C23H24N2O4/c1-3-7-21-24-14-20(23(28)29-4-2)25(21)15-16-10-12-17(13-11-16)18-8-5-6-9-19(18)22(26)27/h5-6,8-14H,3-4,7,15H2,1-2H3,(H,26,27). The van der Waals surface area contributed by atoms with Gasteiger partial charge in [0.05, 0.1) is 18.4 Å². The highest BCUT2D eigenvalue weighted by Crippen LogP contribution is 2.24. The van der Waals surface area contributed by atoms with E-state index in [2.05, 4.69) is 11.9 Å². The van der Waals surface area contributed by atoms with Gasteiger partial charge in [0.25, 0.3) is 0 Å². The van der Waals surface area contributed by atoms with E-state index < -0.39 is 5.97 Å². The minimum atomic E-state index is -0.952. The van der Waals surface area contributed by atoms with Gasteiger partial charge in [-0.15, -0.1) is 0 Å². The predicted octanol–water partition coefficient (Wildman–Crippen LogP) is 4.43. The van der Waals surface area contributed by atoms with Crippen LogP contribution in [0.3, 0.4) is 0 Å². The van der Waals surface area contributed by atoms with Gasteiger partial charge in [-0.2, -0.15) is 0 Å². The van der Waals surface area contributed by atoms with Crippen molar-refractivity contribution in [3.8, 4) is 11.1 Å². The summed E-state index contributed by atoms with van der Waals surface area (Å²) < 4.78 is 7.05. The number of carbonyl (C=O) groups excluding carboxylic acids is 1. The summed E-state index contributed by atoms with van der Waals surface area (Å²) in [6.07, 6.45) is 3.26. The lowest BCUT2D eigenvalue weighted by molar-refractivity contribution is 0.0513. The minimum Gasteiger partial charge on any atom is -0.478 e. The third kappa shape index (κ3) is 4.54. The fourth-order valence-corrected chi connectivity index (χ4v) is 3.28. The molecule has 0 spiro atoms. The Kier molecular flexibility index (Phi) is 6.44. The summed E-state index contributed by atoms with van der Waals surface area (Å²) in [7, 11) is 0. The molecule has 1 N–H and O–H groups in total. The van der Waals surface area contributed by atoms with Crippen LogP contribution in [0.25, 0.3) is 11.1 Å². The topological polar surface area (TPSA) is 81.4 Å². The zero-order chi connectivity index (χ0) is 20.8. The van der Waals surface area contributed by atoms with Crippen molar-refractivity contribution in [3.05, 3.63) is 77.4 Å². The molecular formula is C23H24N2O4. The Morgan fingerprint density at radius 2 is 1.79 bits per heavy atom. The number of nitrogens with zero attached hydrogens (tertiary/aromatic N) is 2. The van der Waals surface area contributed by atoms with Crippen LogP contribution in [-0.4, -0.2) is 33.2 Å². The van der Waals surface area contributed by atoms with Gasteiger partial charge >= 0.3 is 11.9 Å². The van der Waals surface area contributed by atoms with Crippen LogP contribution in [0, 0.1) is 0 Å². The van der Waals surface area contributed by atoms with E-state index in [1.54, 1.807) is 31.3 Å². The van der Waals surface area contributed by atoms with E-state index in [4.69, 9.17) is 4.74 Å². The van der Waals surface area contributed by atoms with Crippen molar-refractivity contribution in [2.75, 3.05) is 6.61 Å². The highest BCUT2D eigenvalue weighted by molar-refractivity contribution is 5.96. The van der Waals surface area contributed by atoms with Gasteiger partial charge in [-0.3, -0.25) is 0 Å². The summed E-state index contributed by atoms with van der Waals surface area (Å²) in [6, 6.07) is 14.6. The largest absolute Gasteiger partial charge is 0.478 e. The van der Waals surface area contributed by atoms with Gasteiger partial charge in [-0.05, 0) is 36.1 Å². The third-order valence-corrected chi connectivity index (χ3v) is 4.66. The first kappa shape index (κ1) is 20.3. The predicted molar refractivity (Wildman–Crippen MR) is 110 cm³/mol. The van der Waals surface area contributed by atoms with Crippen LogP contribution < -0.4 is 0 Å². The number of imidazole rings is 1. The molecule has 0 aliphatic carbocycles. The fourth-order valence-electron chi connectivity index (χ4n) is 3.28. The number of ether oxygens (including phenoxy) is 1. The Balaban J connectivity index is 1.90. The number of rotatable bonds is 8. The zero-order valence-electron chi connectivity index (χ0n) is 16.6. The van der Waals surface area contributed by atoms with Crippen molar-refractivity contribution < 1.29 is 19.4 Å². The molecule has 1 aromatic heterocycles. The Hall–Kier alpha value is -3.41. The number of aryl methyl sites for hydroxylation is 1. The average Bonchev–Trinajstić information content (AvgIpc) is 3.11. The first-order valence-corrected chi connectivity index (χ1v) is 9.68. The van der Waals surface area contributed by atoms with Crippen molar-refractivity contribution >= 4 is 11.9 Å². The second-order valence-corrected chi connectivity index (χ2v) is 6.66. The summed E-state index contributed by atoms with van der Waals surface area (Å²) >= 11 is 0. The van der Waals surface area contributed by atoms with Crippen molar-refractivity contribution in [3.63, 3.8) is 0 Å². The lowest BCUT2D eigenvalue weighted by atomic mass is 9.99. The molecule has 3 rings (SSSR count). The van der Waals surface area contributed by atoms with Gasteiger partial charge in [-0.25, -0.2) is 14.6 Å². The third-order valence-electron chi connectivity index (χ3n) is 4.66. The number of esters is 1. The molecule has 6 heteroatoms. The minimum absolute atomic E-state index is 0.268. The highest BCUT2D eigenvalue weighted by atomic mass is 16.5. The highest BCUT2D eigenvalue weighted by Gasteiger charge is 2.18. The van der Waals surface area contributed by atoms with Crippen LogP contribution in [0.2, 0.25) is 0 Å². The molecule has 0 radical (unpaired) electrons. The van der Waals surface area contributed by atoms with Crippen LogP contribution in [0.4, 0.5) is 0 Å². The first-order valence-electron chi connectivity index (χ1n) is 9.68. The Morgan fingerprint density at radius 1 is 1.07 bits per heavy atom. The first-order chi connectivity index (χ1) is 14.0. The molecule has 0 atom stereocenters.